The van der Waals surface area contributed by atoms with E-state index < -0.39 is 10.0 Å². The van der Waals surface area contributed by atoms with E-state index in [0.717, 1.165) is 11.6 Å². The van der Waals surface area contributed by atoms with Crippen molar-refractivity contribution in [1.82, 2.24) is 14.8 Å². The largest absolute Gasteiger partial charge is 0.491 e. The summed E-state index contributed by atoms with van der Waals surface area (Å²) in [5, 5.41) is 2.97. The first-order chi connectivity index (χ1) is 18.2. The van der Waals surface area contributed by atoms with Crippen LogP contribution in [-0.4, -0.2) is 75.1 Å². The van der Waals surface area contributed by atoms with Crippen LogP contribution < -0.4 is 9.46 Å². The van der Waals surface area contributed by atoms with Crippen LogP contribution in [0.5, 0.6) is 5.75 Å². The minimum absolute atomic E-state index is 0.0105. The predicted octanol–water partition coefficient (Wildman–Crippen LogP) is 3.95. The molecule has 0 unspecified atom stereocenters. The van der Waals surface area contributed by atoms with Gasteiger partial charge >= 0.3 is 0 Å². The normalized spacial score (nSPS) is 21.6. The van der Waals surface area contributed by atoms with Gasteiger partial charge in [-0.3, -0.25) is 14.4 Å². The zero-order valence-corrected chi connectivity index (χ0v) is 23.7. The number of hydrogen-bond donors (Lipinski definition) is 1. The minimum atomic E-state index is -3.80. The molecule has 1 aromatic heterocycles. The molecule has 1 N–H and O–H groups in total. The number of nitrogens with one attached hydrogen (secondary N) is 1. The van der Waals surface area contributed by atoms with Crippen LogP contribution in [0.25, 0.3) is 0 Å². The molecule has 2 aromatic carbocycles. The van der Waals surface area contributed by atoms with Gasteiger partial charge in [-0.05, 0) is 37.1 Å². The van der Waals surface area contributed by atoms with Gasteiger partial charge in [-0.2, -0.15) is 0 Å². The predicted molar refractivity (Wildman–Crippen MR) is 148 cm³/mol. The van der Waals surface area contributed by atoms with E-state index in [1.54, 1.807) is 73.0 Å². The van der Waals surface area contributed by atoms with Crippen LogP contribution in [-0.2, 0) is 21.3 Å². The summed E-state index contributed by atoms with van der Waals surface area (Å²) in [6, 6.07) is 12.9. The quantitative estimate of drug-likeness (QED) is 0.489. The lowest BCUT2D eigenvalue weighted by Crippen LogP contribution is -2.46. The number of amides is 1. The number of ether oxygens (including phenoxy) is 2. The highest BCUT2D eigenvalue weighted by molar-refractivity contribution is 7.92. The Labute approximate surface area is 228 Å². The smallest absolute Gasteiger partial charge is 0.261 e. The second-order valence-electron chi connectivity index (χ2n) is 9.58. The average Bonchev–Trinajstić information content (AvgIpc) is 3.42. The van der Waals surface area contributed by atoms with Gasteiger partial charge < -0.3 is 14.4 Å². The van der Waals surface area contributed by atoms with Crippen LogP contribution in [0.15, 0.2) is 65.0 Å². The molecular weight excluding hydrogens is 524 g/mol. The molecule has 11 heteroatoms. The number of aromatic nitrogens is 1. The van der Waals surface area contributed by atoms with Gasteiger partial charge in [0, 0.05) is 50.9 Å². The molecule has 0 bridgehead atoms. The summed E-state index contributed by atoms with van der Waals surface area (Å²) in [6.07, 6.45) is 1.63. The number of methoxy groups -OCH3 is 1. The molecule has 0 fully saturated rings. The summed E-state index contributed by atoms with van der Waals surface area (Å²) in [4.78, 5) is 22.0. The first-order valence-electron chi connectivity index (χ1n) is 12.4. The molecule has 1 aliphatic rings. The number of benzene rings is 2. The van der Waals surface area contributed by atoms with E-state index in [0.29, 0.717) is 36.7 Å². The third kappa shape index (κ3) is 6.71. The lowest BCUT2D eigenvalue weighted by molar-refractivity contribution is 0.00921. The van der Waals surface area contributed by atoms with E-state index in [1.165, 1.54) is 12.1 Å². The molecule has 3 aromatic rings. The number of hydrogen-bond acceptors (Lipinski definition) is 8. The van der Waals surface area contributed by atoms with Gasteiger partial charge in [-0.1, -0.05) is 25.1 Å². The zero-order valence-electron chi connectivity index (χ0n) is 22.0. The van der Waals surface area contributed by atoms with Gasteiger partial charge in [0.2, 0.25) is 0 Å². The first-order valence-corrected chi connectivity index (χ1v) is 14.8. The molecule has 0 spiro atoms. The lowest BCUT2D eigenvalue weighted by atomic mass is 10.0. The molecule has 0 aliphatic carbocycles. The van der Waals surface area contributed by atoms with Crippen LogP contribution in [0.3, 0.4) is 0 Å². The molecule has 9 nitrogen and oxygen atoms in total. The number of carbonyl (C=O) groups excluding carboxylic acids is 1. The number of anilines is 1. The van der Waals surface area contributed by atoms with E-state index in [4.69, 9.17) is 9.47 Å². The fraction of sp³-hybridized carbons (Fsp3) is 0.407. The van der Waals surface area contributed by atoms with Crippen molar-refractivity contribution in [3.05, 3.63) is 70.7 Å². The van der Waals surface area contributed by atoms with Crippen molar-refractivity contribution in [3.63, 3.8) is 0 Å². The third-order valence-corrected chi connectivity index (χ3v) is 8.86. The van der Waals surface area contributed by atoms with Gasteiger partial charge in [0.15, 0.2) is 0 Å². The average molecular weight is 559 g/mol. The summed E-state index contributed by atoms with van der Waals surface area (Å²) in [7, 11) is -0.398. The maximum atomic E-state index is 13.4. The first kappa shape index (κ1) is 28.0. The number of thiazole rings is 1. The monoisotopic (exact) mass is 558 g/mol. The van der Waals surface area contributed by atoms with Gasteiger partial charge in [-0.25, -0.2) is 13.4 Å². The fourth-order valence-electron chi connectivity index (χ4n) is 4.45. The number of rotatable bonds is 6. The Morgan fingerprint density at radius 1 is 1.16 bits per heavy atom. The molecule has 3 atom stereocenters. The maximum Gasteiger partial charge on any atom is 0.261 e. The van der Waals surface area contributed by atoms with Crippen LogP contribution in [0.1, 0.15) is 29.2 Å². The molecule has 38 heavy (non-hydrogen) atoms. The Balaban J connectivity index is 1.65. The molecule has 0 radical (unpaired) electrons. The van der Waals surface area contributed by atoms with E-state index in [1.807, 2.05) is 5.38 Å². The summed E-state index contributed by atoms with van der Waals surface area (Å²) in [5.41, 5.74) is 0.669. The highest BCUT2D eigenvalue weighted by Crippen LogP contribution is 2.28. The summed E-state index contributed by atoms with van der Waals surface area (Å²) < 4.78 is 40.4. The second-order valence-corrected chi connectivity index (χ2v) is 12.2. The second kappa shape index (κ2) is 12.2. The molecular formula is C27H34N4O5S2. The number of likely N-dealkylation sites (N-methyl/N-ethyl adjacent to an activating group) is 1. The Morgan fingerprint density at radius 2 is 1.92 bits per heavy atom. The standard InChI is InChI=1S/C27H34N4O5S2/c1-19-15-31(17-26-28-12-13-37-26)20(2)18-36-24-14-21(29-38(33,34)22-8-6-5-7-9-22)10-11-23(24)27(32)30(3)16-25(19)35-4/h5-14,19-20,25,29H,15-18H2,1-4H3/t19-,20-,25+/m1/s1. The molecule has 204 valence electrons. The number of fused-ring (bicyclic) bond motifs is 1. The third-order valence-electron chi connectivity index (χ3n) is 6.70. The van der Waals surface area contributed by atoms with Gasteiger partial charge in [0.05, 0.1) is 28.8 Å². The fourth-order valence-corrected chi connectivity index (χ4v) is 6.16. The summed E-state index contributed by atoms with van der Waals surface area (Å²) in [6.45, 7) is 6.30. The van der Waals surface area contributed by atoms with Gasteiger partial charge in [0.25, 0.3) is 15.9 Å². The van der Waals surface area contributed by atoms with Crippen molar-refractivity contribution < 1.29 is 22.7 Å². The Bertz CT molecular complexity index is 1320. The number of carbonyl (C=O) groups is 1. The highest BCUT2D eigenvalue weighted by atomic mass is 32.2. The summed E-state index contributed by atoms with van der Waals surface area (Å²) in [5.74, 6) is 0.240. The van der Waals surface area contributed by atoms with Crippen molar-refractivity contribution in [3.8, 4) is 5.75 Å². The molecule has 2 heterocycles. The van der Waals surface area contributed by atoms with Crippen molar-refractivity contribution in [2.45, 2.75) is 37.4 Å². The molecule has 0 saturated heterocycles. The topological polar surface area (TPSA) is 101 Å². The van der Waals surface area contributed by atoms with Crippen molar-refractivity contribution in [1.29, 1.82) is 0 Å². The van der Waals surface area contributed by atoms with Crippen molar-refractivity contribution in [2.24, 2.45) is 5.92 Å². The molecule has 1 amide bonds. The lowest BCUT2D eigenvalue weighted by Gasteiger charge is -2.35. The van der Waals surface area contributed by atoms with Crippen LogP contribution in [0, 0.1) is 5.92 Å². The number of nitrogens with zero attached hydrogens (tertiary/aromatic N) is 3. The van der Waals surface area contributed by atoms with Crippen LogP contribution in [0.4, 0.5) is 5.69 Å². The van der Waals surface area contributed by atoms with E-state index >= 15 is 0 Å². The van der Waals surface area contributed by atoms with E-state index in [2.05, 4.69) is 28.5 Å². The SMILES string of the molecule is CO[C@H]1CN(C)C(=O)c2ccc(NS(=O)(=O)c3ccccc3)cc2OC[C@@H](C)N(Cc2nccs2)C[C@H]1C. The maximum absolute atomic E-state index is 13.4. The van der Waals surface area contributed by atoms with E-state index in [9.17, 15) is 13.2 Å². The molecule has 4 rings (SSSR count). The van der Waals surface area contributed by atoms with Gasteiger partial charge in [0.1, 0.15) is 17.4 Å². The molecule has 0 saturated carbocycles. The van der Waals surface area contributed by atoms with Crippen LogP contribution >= 0.6 is 11.3 Å². The van der Waals surface area contributed by atoms with Gasteiger partial charge in [-0.15, -0.1) is 11.3 Å². The highest BCUT2D eigenvalue weighted by Gasteiger charge is 2.29. The van der Waals surface area contributed by atoms with E-state index in [-0.39, 0.29) is 28.9 Å². The molecule has 1 aliphatic heterocycles. The summed E-state index contributed by atoms with van der Waals surface area (Å²) >= 11 is 1.61. The zero-order chi connectivity index (χ0) is 27.3. The Kier molecular flexibility index (Phi) is 9.03. The minimum Gasteiger partial charge on any atom is -0.491 e. The van der Waals surface area contributed by atoms with Crippen molar-refractivity contribution in [2.75, 3.05) is 38.6 Å². The Hall–Kier alpha value is -2.99. The number of sulfonamides is 1. The van der Waals surface area contributed by atoms with Crippen LogP contribution in [0.2, 0.25) is 0 Å². The van der Waals surface area contributed by atoms with Crippen molar-refractivity contribution >= 4 is 33.0 Å². The Morgan fingerprint density at radius 3 is 2.61 bits per heavy atom.